The van der Waals surface area contributed by atoms with Gasteiger partial charge in [0.1, 0.15) is 0 Å². The summed E-state index contributed by atoms with van der Waals surface area (Å²) in [5.74, 6) is 0. The van der Waals surface area contributed by atoms with E-state index in [0.717, 1.165) is 0 Å². The van der Waals surface area contributed by atoms with Gasteiger partial charge in [-0.05, 0) is 24.0 Å². The average molecular weight is 221 g/mol. The zero-order valence-electron chi connectivity index (χ0n) is 8.23. The zero-order valence-corrected chi connectivity index (χ0v) is 9.04. The smallest absolute Gasteiger partial charge is 0.354 e. The van der Waals surface area contributed by atoms with Gasteiger partial charge in [-0.3, -0.25) is 4.37 Å². The van der Waals surface area contributed by atoms with Crippen molar-refractivity contribution < 1.29 is 0 Å². The molecule has 0 fully saturated rings. The molecule has 78 valence electrons. The average Bonchev–Trinajstić information content (AvgIpc) is 2.65. The second-order valence-electron chi connectivity index (χ2n) is 3.20. The highest BCUT2D eigenvalue weighted by Crippen LogP contribution is 2.17. The van der Waals surface area contributed by atoms with Crippen LogP contribution in [0.2, 0.25) is 0 Å². The number of aromatic amines is 1. The van der Waals surface area contributed by atoms with Crippen LogP contribution in [0.1, 0.15) is 18.5 Å². The fraction of sp³-hybridized carbons (Fsp3) is 0.200. The molecular formula is C10H11N3OS. The van der Waals surface area contributed by atoms with Gasteiger partial charge in [0.2, 0.25) is 5.13 Å². The largest absolute Gasteiger partial charge is 0.357 e. The van der Waals surface area contributed by atoms with Crippen molar-refractivity contribution in [2.24, 2.45) is 0 Å². The van der Waals surface area contributed by atoms with E-state index < -0.39 is 0 Å². The lowest BCUT2D eigenvalue weighted by Crippen LogP contribution is -2.08. The summed E-state index contributed by atoms with van der Waals surface area (Å²) < 4.78 is 2.54. The lowest BCUT2D eigenvalue weighted by Gasteiger charge is -2.12. The third-order valence-electron chi connectivity index (χ3n) is 2.08. The Morgan fingerprint density at radius 2 is 2.13 bits per heavy atom. The van der Waals surface area contributed by atoms with Gasteiger partial charge in [0.15, 0.2) is 0 Å². The van der Waals surface area contributed by atoms with E-state index in [4.69, 9.17) is 0 Å². The van der Waals surface area contributed by atoms with Crippen molar-refractivity contribution >= 4 is 16.7 Å². The van der Waals surface area contributed by atoms with Crippen LogP contribution in [0.5, 0.6) is 0 Å². The van der Waals surface area contributed by atoms with E-state index in [-0.39, 0.29) is 11.7 Å². The molecule has 1 aromatic carbocycles. The molecule has 0 spiro atoms. The summed E-state index contributed by atoms with van der Waals surface area (Å²) in [4.78, 5) is 14.6. The van der Waals surface area contributed by atoms with E-state index in [1.807, 2.05) is 37.3 Å². The molecule has 1 aromatic heterocycles. The van der Waals surface area contributed by atoms with E-state index in [0.29, 0.717) is 5.13 Å². The van der Waals surface area contributed by atoms with Crippen molar-refractivity contribution in [1.29, 1.82) is 0 Å². The van der Waals surface area contributed by atoms with Crippen LogP contribution in [0.25, 0.3) is 0 Å². The minimum absolute atomic E-state index is 0.144. The number of hydrogen-bond donors (Lipinski definition) is 2. The van der Waals surface area contributed by atoms with Crippen molar-refractivity contribution in [2.45, 2.75) is 13.0 Å². The van der Waals surface area contributed by atoms with Gasteiger partial charge in [0, 0.05) is 0 Å². The highest BCUT2D eigenvalue weighted by atomic mass is 32.1. The number of rotatable bonds is 3. The van der Waals surface area contributed by atoms with Crippen LogP contribution in [0.3, 0.4) is 0 Å². The summed E-state index contributed by atoms with van der Waals surface area (Å²) in [7, 11) is 0. The van der Waals surface area contributed by atoms with Crippen LogP contribution in [0, 0.1) is 0 Å². The Balaban J connectivity index is 2.10. The molecule has 1 heterocycles. The van der Waals surface area contributed by atoms with E-state index >= 15 is 0 Å². The summed E-state index contributed by atoms with van der Waals surface area (Å²) in [5, 5.41) is 3.78. The molecule has 1 atom stereocenters. The van der Waals surface area contributed by atoms with Gasteiger partial charge in [0.25, 0.3) is 0 Å². The molecule has 2 aromatic rings. The zero-order chi connectivity index (χ0) is 10.7. The molecule has 5 heteroatoms. The Labute approximate surface area is 91.2 Å². The van der Waals surface area contributed by atoms with Crippen LogP contribution in [-0.4, -0.2) is 9.36 Å². The predicted octanol–water partition coefficient (Wildman–Crippen LogP) is 2.00. The third kappa shape index (κ3) is 2.44. The maximum absolute atomic E-state index is 10.8. The van der Waals surface area contributed by atoms with E-state index in [1.54, 1.807) is 0 Å². The topological polar surface area (TPSA) is 57.8 Å². The number of nitrogens with zero attached hydrogens (tertiary/aromatic N) is 1. The second-order valence-corrected chi connectivity index (χ2v) is 4.00. The normalized spacial score (nSPS) is 12.3. The molecular weight excluding hydrogens is 210 g/mol. The summed E-state index contributed by atoms with van der Waals surface area (Å²) in [6.07, 6.45) is 0. The van der Waals surface area contributed by atoms with Gasteiger partial charge < -0.3 is 5.32 Å². The Morgan fingerprint density at radius 1 is 1.40 bits per heavy atom. The van der Waals surface area contributed by atoms with Crippen LogP contribution in [0.15, 0.2) is 35.1 Å². The monoisotopic (exact) mass is 221 g/mol. The molecule has 2 rings (SSSR count). The van der Waals surface area contributed by atoms with Crippen molar-refractivity contribution in [3.8, 4) is 0 Å². The SMILES string of the molecule is C[C@H](Nc1nc(=O)[nH]s1)c1ccccc1. The van der Waals surface area contributed by atoms with E-state index in [2.05, 4.69) is 14.7 Å². The number of nitrogens with one attached hydrogen (secondary N) is 2. The van der Waals surface area contributed by atoms with Crippen molar-refractivity contribution in [3.63, 3.8) is 0 Å². The minimum atomic E-state index is -0.303. The number of H-pyrrole nitrogens is 1. The molecule has 15 heavy (non-hydrogen) atoms. The van der Waals surface area contributed by atoms with Crippen molar-refractivity contribution in [3.05, 3.63) is 46.4 Å². The first-order valence-corrected chi connectivity index (χ1v) is 5.44. The van der Waals surface area contributed by atoms with Crippen LogP contribution < -0.4 is 11.0 Å². The predicted molar refractivity (Wildman–Crippen MR) is 61.2 cm³/mol. The standard InChI is InChI=1S/C10H11N3OS/c1-7(8-5-3-2-4-6-8)11-10-12-9(14)13-15-10/h2-7H,1H3,(H2,11,12,13,14)/t7-/m0/s1. The van der Waals surface area contributed by atoms with Gasteiger partial charge in [0.05, 0.1) is 6.04 Å². The second kappa shape index (κ2) is 4.27. The van der Waals surface area contributed by atoms with Crippen molar-refractivity contribution in [1.82, 2.24) is 9.36 Å². The fourth-order valence-corrected chi connectivity index (χ4v) is 1.90. The van der Waals surface area contributed by atoms with Crippen LogP contribution >= 0.6 is 11.5 Å². The maximum atomic E-state index is 10.8. The fourth-order valence-electron chi connectivity index (χ4n) is 1.30. The number of benzene rings is 1. The molecule has 0 unspecified atom stereocenters. The van der Waals surface area contributed by atoms with Gasteiger partial charge in [-0.25, -0.2) is 4.79 Å². The first kappa shape index (κ1) is 9.92. The molecule has 0 aliphatic heterocycles. The van der Waals surface area contributed by atoms with Crippen LogP contribution in [-0.2, 0) is 0 Å². The van der Waals surface area contributed by atoms with Gasteiger partial charge >= 0.3 is 5.69 Å². The van der Waals surface area contributed by atoms with E-state index in [9.17, 15) is 4.79 Å². The third-order valence-corrected chi connectivity index (χ3v) is 2.76. The van der Waals surface area contributed by atoms with E-state index in [1.165, 1.54) is 17.1 Å². The molecule has 0 amide bonds. The van der Waals surface area contributed by atoms with Gasteiger partial charge in [-0.15, -0.1) is 0 Å². The first-order chi connectivity index (χ1) is 7.25. The van der Waals surface area contributed by atoms with Crippen LogP contribution in [0.4, 0.5) is 5.13 Å². The minimum Gasteiger partial charge on any atom is -0.354 e. The number of anilines is 1. The molecule has 2 N–H and O–H groups in total. The molecule has 0 aliphatic carbocycles. The maximum Gasteiger partial charge on any atom is 0.357 e. The first-order valence-electron chi connectivity index (χ1n) is 4.62. The number of aromatic nitrogens is 2. The molecule has 0 aliphatic rings. The highest BCUT2D eigenvalue weighted by Gasteiger charge is 2.06. The lowest BCUT2D eigenvalue weighted by molar-refractivity contribution is 0.880. The quantitative estimate of drug-likeness (QED) is 0.833. The summed E-state index contributed by atoms with van der Waals surface area (Å²) in [6.45, 7) is 2.03. The summed E-state index contributed by atoms with van der Waals surface area (Å²) in [6, 6.07) is 10.2. The molecule has 0 saturated carbocycles. The molecule has 0 saturated heterocycles. The summed E-state index contributed by atoms with van der Waals surface area (Å²) in [5.41, 5.74) is 0.864. The summed E-state index contributed by atoms with van der Waals surface area (Å²) >= 11 is 1.21. The number of hydrogen-bond acceptors (Lipinski definition) is 4. The Bertz CT molecular complexity index is 477. The van der Waals surface area contributed by atoms with Gasteiger partial charge in [-0.1, -0.05) is 30.3 Å². The van der Waals surface area contributed by atoms with Gasteiger partial charge in [-0.2, -0.15) is 4.98 Å². The highest BCUT2D eigenvalue weighted by molar-refractivity contribution is 7.09. The Hall–Kier alpha value is -1.62. The molecule has 0 radical (unpaired) electrons. The molecule has 4 nitrogen and oxygen atoms in total. The lowest BCUT2D eigenvalue weighted by atomic mass is 10.1. The Kier molecular flexibility index (Phi) is 2.82. The van der Waals surface area contributed by atoms with Crippen molar-refractivity contribution in [2.75, 3.05) is 5.32 Å². The Morgan fingerprint density at radius 3 is 2.73 bits per heavy atom. The molecule has 0 bridgehead atoms.